The second kappa shape index (κ2) is 4.91. The summed E-state index contributed by atoms with van der Waals surface area (Å²) in [5, 5.41) is 20.3. The van der Waals surface area contributed by atoms with Gasteiger partial charge in [-0.15, -0.1) is 0 Å². The van der Waals surface area contributed by atoms with Crippen LogP contribution >= 0.6 is 0 Å². The monoisotopic (exact) mass is 222 g/mol. The van der Waals surface area contributed by atoms with E-state index in [1.54, 1.807) is 6.07 Å². The number of rotatable bonds is 3. The van der Waals surface area contributed by atoms with Crippen molar-refractivity contribution in [3.63, 3.8) is 0 Å². The van der Waals surface area contributed by atoms with Crippen LogP contribution in [0.5, 0.6) is 0 Å². The van der Waals surface area contributed by atoms with Crippen molar-refractivity contribution in [3.8, 4) is 0 Å². The van der Waals surface area contributed by atoms with Crippen LogP contribution < -0.4 is 16.0 Å². The summed E-state index contributed by atoms with van der Waals surface area (Å²) in [4.78, 5) is 10.2. The molecule has 0 spiro atoms. The van der Waals surface area contributed by atoms with E-state index in [1.165, 1.54) is 12.1 Å². The van der Waals surface area contributed by atoms with Crippen LogP contribution in [0.4, 0.5) is 11.4 Å². The molecule has 1 unspecified atom stereocenters. The lowest BCUT2D eigenvalue weighted by atomic mass is 10.2. The maximum absolute atomic E-state index is 10.6. The first-order valence-corrected chi connectivity index (χ1v) is 5.21. The predicted molar refractivity (Wildman–Crippen MR) is 61.4 cm³/mol. The van der Waals surface area contributed by atoms with Gasteiger partial charge in [-0.25, -0.2) is 0 Å². The molecule has 6 heteroatoms. The van der Waals surface area contributed by atoms with Crippen LogP contribution in [0, 0.1) is 10.1 Å². The molecule has 0 radical (unpaired) electrons. The number of nitrogens with zero attached hydrogens (tertiary/aromatic N) is 1. The molecule has 86 valence electrons. The van der Waals surface area contributed by atoms with Gasteiger partial charge >= 0.3 is 0 Å². The summed E-state index contributed by atoms with van der Waals surface area (Å²) in [7, 11) is 0. The van der Waals surface area contributed by atoms with Crippen molar-refractivity contribution in [1.29, 1.82) is 0 Å². The summed E-state index contributed by atoms with van der Waals surface area (Å²) in [6.45, 7) is 2.66. The Morgan fingerprint density at radius 3 is 3.00 bits per heavy atom. The molecule has 0 aliphatic carbocycles. The zero-order valence-electron chi connectivity index (χ0n) is 8.77. The third kappa shape index (κ3) is 2.68. The van der Waals surface area contributed by atoms with Gasteiger partial charge in [0.1, 0.15) is 0 Å². The molecule has 1 aromatic carbocycles. The lowest BCUT2D eigenvalue weighted by molar-refractivity contribution is -0.384. The molecule has 0 saturated carbocycles. The van der Waals surface area contributed by atoms with Gasteiger partial charge in [0.05, 0.1) is 11.1 Å². The lowest BCUT2D eigenvalue weighted by Crippen LogP contribution is -2.52. The molecule has 6 nitrogen and oxygen atoms in total. The number of hydrogen-bond acceptors (Lipinski definition) is 5. The highest BCUT2D eigenvalue weighted by Gasteiger charge is 2.12. The van der Waals surface area contributed by atoms with E-state index in [9.17, 15) is 10.1 Å². The van der Waals surface area contributed by atoms with Crippen molar-refractivity contribution in [3.05, 3.63) is 34.4 Å². The fraction of sp³-hybridized carbons (Fsp3) is 0.400. The SMILES string of the molecule is O=[N+]([O-])c1cccc(NC2CNCCN2)c1. The third-order valence-corrected chi connectivity index (χ3v) is 2.44. The lowest BCUT2D eigenvalue weighted by Gasteiger charge is -2.26. The number of hydrogen-bond donors (Lipinski definition) is 3. The number of nitrogens with one attached hydrogen (secondary N) is 3. The van der Waals surface area contributed by atoms with Crippen molar-refractivity contribution in [2.24, 2.45) is 0 Å². The Hall–Kier alpha value is -1.66. The molecule has 1 aliphatic heterocycles. The molecule has 3 N–H and O–H groups in total. The Morgan fingerprint density at radius 1 is 1.44 bits per heavy atom. The minimum absolute atomic E-state index is 0.105. The largest absolute Gasteiger partial charge is 0.368 e. The first-order chi connectivity index (χ1) is 7.75. The first kappa shape index (κ1) is 10.8. The van der Waals surface area contributed by atoms with E-state index in [1.807, 2.05) is 6.07 Å². The van der Waals surface area contributed by atoms with Crippen molar-refractivity contribution in [2.45, 2.75) is 6.17 Å². The number of nitro benzene ring substituents is 1. The highest BCUT2D eigenvalue weighted by atomic mass is 16.6. The fourth-order valence-electron chi connectivity index (χ4n) is 1.67. The molecule has 2 rings (SSSR count). The molecule has 1 aliphatic rings. The van der Waals surface area contributed by atoms with E-state index < -0.39 is 4.92 Å². The second-order valence-electron chi connectivity index (χ2n) is 3.66. The Labute approximate surface area is 93.2 Å². The summed E-state index contributed by atoms with van der Waals surface area (Å²) >= 11 is 0. The molecule has 1 fully saturated rings. The van der Waals surface area contributed by atoms with Gasteiger partial charge in [-0.05, 0) is 6.07 Å². The van der Waals surface area contributed by atoms with Gasteiger partial charge in [-0.3, -0.25) is 15.4 Å². The standard InChI is InChI=1S/C10H14N4O2/c15-14(16)9-3-1-2-8(6-9)13-10-7-11-4-5-12-10/h1-3,6,10-13H,4-5,7H2. The Morgan fingerprint density at radius 2 is 2.31 bits per heavy atom. The van der Waals surface area contributed by atoms with Gasteiger partial charge in [0.2, 0.25) is 0 Å². The van der Waals surface area contributed by atoms with Gasteiger partial charge in [0.15, 0.2) is 0 Å². The van der Waals surface area contributed by atoms with Gasteiger partial charge in [0, 0.05) is 37.5 Å². The maximum Gasteiger partial charge on any atom is 0.271 e. The first-order valence-electron chi connectivity index (χ1n) is 5.21. The van der Waals surface area contributed by atoms with E-state index in [-0.39, 0.29) is 11.9 Å². The summed E-state index contributed by atoms with van der Waals surface area (Å²) in [6, 6.07) is 6.52. The highest BCUT2D eigenvalue weighted by molar-refractivity contribution is 5.51. The highest BCUT2D eigenvalue weighted by Crippen LogP contribution is 2.17. The average Bonchev–Trinajstić information content (AvgIpc) is 2.30. The molecule has 1 saturated heterocycles. The van der Waals surface area contributed by atoms with Crippen LogP contribution in [0.2, 0.25) is 0 Å². The quantitative estimate of drug-likeness (QED) is 0.513. The number of benzene rings is 1. The molecule has 1 atom stereocenters. The normalized spacial score (nSPS) is 20.4. The van der Waals surface area contributed by atoms with Gasteiger partial charge in [-0.1, -0.05) is 6.07 Å². The molecule has 1 aromatic rings. The Balaban J connectivity index is 2.02. The molecule has 1 heterocycles. The average molecular weight is 222 g/mol. The number of non-ortho nitro benzene ring substituents is 1. The number of piperazine rings is 1. The molecule has 0 aromatic heterocycles. The van der Waals surface area contributed by atoms with Crippen LogP contribution in [-0.2, 0) is 0 Å². The zero-order chi connectivity index (χ0) is 11.4. The van der Waals surface area contributed by atoms with Crippen LogP contribution in [0.3, 0.4) is 0 Å². The molecule has 16 heavy (non-hydrogen) atoms. The van der Waals surface area contributed by atoms with Crippen LogP contribution in [0.1, 0.15) is 0 Å². The van der Waals surface area contributed by atoms with Crippen LogP contribution in [-0.4, -0.2) is 30.7 Å². The van der Waals surface area contributed by atoms with E-state index in [4.69, 9.17) is 0 Å². The van der Waals surface area contributed by atoms with Gasteiger partial charge < -0.3 is 10.6 Å². The second-order valence-corrected chi connectivity index (χ2v) is 3.66. The minimum Gasteiger partial charge on any atom is -0.368 e. The molecule has 0 bridgehead atoms. The van der Waals surface area contributed by atoms with Gasteiger partial charge in [-0.2, -0.15) is 0 Å². The van der Waals surface area contributed by atoms with E-state index >= 15 is 0 Å². The van der Waals surface area contributed by atoms with Crippen molar-refractivity contribution in [1.82, 2.24) is 10.6 Å². The smallest absolute Gasteiger partial charge is 0.271 e. The van der Waals surface area contributed by atoms with E-state index in [0.29, 0.717) is 0 Å². The van der Waals surface area contributed by atoms with E-state index in [2.05, 4.69) is 16.0 Å². The minimum atomic E-state index is -0.391. The summed E-state index contributed by atoms with van der Waals surface area (Å²) in [5.74, 6) is 0. The van der Waals surface area contributed by atoms with Crippen LogP contribution in [0.15, 0.2) is 24.3 Å². The Kier molecular flexibility index (Phi) is 3.33. The molecule has 0 amide bonds. The summed E-state index contributed by atoms with van der Waals surface area (Å²) in [6.07, 6.45) is 0.121. The van der Waals surface area contributed by atoms with Crippen molar-refractivity contribution < 1.29 is 4.92 Å². The van der Waals surface area contributed by atoms with Crippen molar-refractivity contribution in [2.75, 3.05) is 25.0 Å². The molecular weight excluding hydrogens is 208 g/mol. The van der Waals surface area contributed by atoms with Crippen LogP contribution in [0.25, 0.3) is 0 Å². The van der Waals surface area contributed by atoms with E-state index in [0.717, 1.165) is 25.3 Å². The van der Waals surface area contributed by atoms with Gasteiger partial charge in [0.25, 0.3) is 5.69 Å². The maximum atomic E-state index is 10.6. The fourth-order valence-corrected chi connectivity index (χ4v) is 1.67. The van der Waals surface area contributed by atoms with Crippen molar-refractivity contribution >= 4 is 11.4 Å². The Bertz CT molecular complexity index is 377. The topological polar surface area (TPSA) is 79.2 Å². The number of anilines is 1. The molecular formula is C10H14N4O2. The summed E-state index contributed by atoms with van der Waals surface area (Å²) < 4.78 is 0. The summed E-state index contributed by atoms with van der Waals surface area (Å²) in [5.41, 5.74) is 0.865. The number of nitro groups is 1. The third-order valence-electron chi connectivity index (χ3n) is 2.44. The predicted octanol–water partition coefficient (Wildman–Crippen LogP) is 0.526. The zero-order valence-corrected chi connectivity index (χ0v) is 8.77.